The molecule has 1 N–H and O–H groups in total. The maximum atomic E-state index is 12.2. The zero-order valence-corrected chi connectivity index (χ0v) is 14.8. The predicted molar refractivity (Wildman–Crippen MR) is 95.0 cm³/mol. The van der Waals surface area contributed by atoms with Gasteiger partial charge in [0.05, 0.1) is 13.7 Å². The molecule has 136 valence electrons. The number of nitrogens with one attached hydrogen (secondary N) is 1. The van der Waals surface area contributed by atoms with E-state index >= 15 is 0 Å². The number of thiophene rings is 1. The molecule has 26 heavy (non-hydrogen) atoms. The number of ether oxygens (including phenoxy) is 2. The van der Waals surface area contributed by atoms with Crippen molar-refractivity contribution in [3.8, 4) is 16.5 Å². The molecule has 0 aliphatic carbocycles. The third-order valence-corrected chi connectivity index (χ3v) is 4.24. The highest BCUT2D eigenvalue weighted by molar-refractivity contribution is 7.12. The molecule has 0 unspecified atom stereocenters. The molecule has 9 nitrogen and oxygen atoms in total. The van der Waals surface area contributed by atoms with Crippen LogP contribution in [0.25, 0.3) is 5.00 Å². The van der Waals surface area contributed by atoms with Crippen LogP contribution < -0.4 is 20.5 Å². The number of hydrogen-bond donors (Lipinski definition) is 1. The normalized spacial score (nSPS) is 10.5. The van der Waals surface area contributed by atoms with Crippen molar-refractivity contribution in [1.82, 2.24) is 25.1 Å². The summed E-state index contributed by atoms with van der Waals surface area (Å²) in [7, 11) is 1.56. The minimum Gasteiger partial charge on any atom is -0.493 e. The van der Waals surface area contributed by atoms with Crippen LogP contribution in [0.2, 0.25) is 0 Å². The number of hydrogen-bond acceptors (Lipinski definition) is 7. The molecule has 1 aromatic carbocycles. The van der Waals surface area contributed by atoms with Crippen LogP contribution in [-0.2, 0) is 11.3 Å². The Morgan fingerprint density at radius 2 is 2.00 bits per heavy atom. The zero-order chi connectivity index (χ0) is 18.4. The summed E-state index contributed by atoms with van der Waals surface area (Å²) >= 11 is 1.36. The lowest BCUT2D eigenvalue weighted by molar-refractivity contribution is -0.122. The minimum atomic E-state index is -0.465. The van der Waals surface area contributed by atoms with Crippen LogP contribution in [0.15, 0.2) is 46.6 Å². The Labute approximate surface area is 152 Å². The van der Waals surface area contributed by atoms with Crippen molar-refractivity contribution in [1.29, 1.82) is 0 Å². The van der Waals surface area contributed by atoms with Gasteiger partial charge in [0.15, 0.2) is 11.5 Å². The van der Waals surface area contributed by atoms with Gasteiger partial charge in [0.1, 0.15) is 18.2 Å². The standard InChI is InChI=1S/C16H17N5O4S/c1-24-12-5-2-3-6-13(12)25-9-8-17-14(22)11-20-16(23)21(19-18-20)15-7-4-10-26-15/h2-7,10H,8-9,11H2,1H3,(H,17,22). The van der Waals surface area contributed by atoms with E-state index < -0.39 is 5.69 Å². The first-order valence-corrected chi connectivity index (χ1v) is 8.66. The monoisotopic (exact) mass is 375 g/mol. The lowest BCUT2D eigenvalue weighted by Crippen LogP contribution is -2.35. The molecule has 0 saturated heterocycles. The molecule has 0 spiro atoms. The Morgan fingerprint density at radius 1 is 1.19 bits per heavy atom. The smallest absolute Gasteiger partial charge is 0.369 e. The number of para-hydroxylation sites is 2. The van der Waals surface area contributed by atoms with E-state index in [1.807, 2.05) is 17.5 Å². The SMILES string of the molecule is COc1ccccc1OCCNC(=O)Cn1nnn(-c2cccs2)c1=O. The lowest BCUT2D eigenvalue weighted by atomic mass is 10.3. The van der Waals surface area contributed by atoms with E-state index in [1.54, 1.807) is 31.4 Å². The minimum absolute atomic E-state index is 0.209. The molecular weight excluding hydrogens is 358 g/mol. The molecule has 0 bridgehead atoms. The maximum absolute atomic E-state index is 12.2. The number of nitrogens with zero attached hydrogens (tertiary/aromatic N) is 4. The molecule has 2 aromatic heterocycles. The first-order valence-electron chi connectivity index (χ1n) is 7.78. The third-order valence-electron chi connectivity index (χ3n) is 3.40. The van der Waals surface area contributed by atoms with Crippen molar-refractivity contribution in [2.45, 2.75) is 6.54 Å². The molecule has 0 saturated carbocycles. The summed E-state index contributed by atoms with van der Waals surface area (Å²) in [5.74, 6) is 0.865. The first-order chi connectivity index (χ1) is 12.7. The Hall–Kier alpha value is -3.14. The fourth-order valence-electron chi connectivity index (χ4n) is 2.18. The summed E-state index contributed by atoms with van der Waals surface area (Å²) in [5, 5.41) is 12.6. The Bertz CT molecular complexity index is 919. The summed E-state index contributed by atoms with van der Waals surface area (Å²) in [5.41, 5.74) is -0.465. The van der Waals surface area contributed by atoms with Crippen LogP contribution in [0, 0.1) is 0 Å². The van der Waals surface area contributed by atoms with Gasteiger partial charge in [0, 0.05) is 0 Å². The van der Waals surface area contributed by atoms with E-state index in [-0.39, 0.29) is 25.6 Å². The van der Waals surface area contributed by atoms with Crippen molar-refractivity contribution < 1.29 is 14.3 Å². The molecule has 1 amide bonds. The number of benzene rings is 1. The number of carbonyl (C=O) groups is 1. The third kappa shape index (κ3) is 4.09. The number of methoxy groups -OCH3 is 1. The summed E-state index contributed by atoms with van der Waals surface area (Å²) in [6.45, 7) is 0.340. The van der Waals surface area contributed by atoms with Gasteiger partial charge in [-0.2, -0.15) is 9.36 Å². The fourth-order valence-corrected chi connectivity index (χ4v) is 2.85. The Morgan fingerprint density at radius 3 is 2.73 bits per heavy atom. The van der Waals surface area contributed by atoms with Crippen molar-refractivity contribution in [2.24, 2.45) is 0 Å². The predicted octanol–water partition coefficient (Wildman–Crippen LogP) is 0.694. The highest BCUT2D eigenvalue weighted by atomic mass is 32.1. The molecule has 3 aromatic rings. The second kappa shape index (κ2) is 8.30. The van der Waals surface area contributed by atoms with Crippen LogP contribution in [0.3, 0.4) is 0 Å². The first kappa shape index (κ1) is 17.7. The zero-order valence-electron chi connectivity index (χ0n) is 14.0. The van der Waals surface area contributed by atoms with E-state index in [9.17, 15) is 9.59 Å². The van der Waals surface area contributed by atoms with Crippen LogP contribution in [-0.4, -0.2) is 46.0 Å². The summed E-state index contributed by atoms with van der Waals surface area (Å²) < 4.78 is 12.9. The van der Waals surface area contributed by atoms with Gasteiger partial charge in [0.2, 0.25) is 5.91 Å². The van der Waals surface area contributed by atoms with Crippen LogP contribution >= 0.6 is 11.3 Å². The molecule has 10 heteroatoms. The molecule has 0 fully saturated rings. The average molecular weight is 375 g/mol. The molecule has 3 rings (SSSR count). The topological polar surface area (TPSA) is 100 Å². The lowest BCUT2D eigenvalue weighted by Gasteiger charge is -2.10. The Kier molecular flexibility index (Phi) is 5.64. The van der Waals surface area contributed by atoms with Crippen molar-refractivity contribution >= 4 is 17.2 Å². The van der Waals surface area contributed by atoms with Crippen molar-refractivity contribution in [2.75, 3.05) is 20.3 Å². The number of amides is 1. The summed E-state index contributed by atoms with van der Waals surface area (Å²) in [4.78, 5) is 24.1. The largest absolute Gasteiger partial charge is 0.493 e. The van der Waals surface area contributed by atoms with E-state index in [0.717, 1.165) is 9.36 Å². The van der Waals surface area contributed by atoms with Crippen molar-refractivity contribution in [3.05, 3.63) is 52.3 Å². The second-order valence-electron chi connectivity index (χ2n) is 5.13. The van der Waals surface area contributed by atoms with E-state index in [1.165, 1.54) is 11.3 Å². The van der Waals surface area contributed by atoms with Gasteiger partial charge in [0.25, 0.3) is 0 Å². The molecule has 0 aliphatic heterocycles. The average Bonchev–Trinajstić information content (AvgIpc) is 3.30. The number of carbonyl (C=O) groups excluding carboxylic acids is 1. The molecule has 0 aliphatic rings. The van der Waals surface area contributed by atoms with E-state index in [0.29, 0.717) is 16.5 Å². The quantitative estimate of drug-likeness (QED) is 0.582. The number of aromatic nitrogens is 4. The molecular formula is C16H17N5O4S. The van der Waals surface area contributed by atoms with Gasteiger partial charge in [-0.05, 0) is 40.1 Å². The second-order valence-corrected chi connectivity index (χ2v) is 6.06. The van der Waals surface area contributed by atoms with E-state index in [4.69, 9.17) is 9.47 Å². The summed E-state index contributed by atoms with van der Waals surface area (Å²) in [6, 6.07) is 10.8. The van der Waals surface area contributed by atoms with Crippen molar-refractivity contribution in [3.63, 3.8) is 0 Å². The van der Waals surface area contributed by atoms with E-state index in [2.05, 4.69) is 15.7 Å². The van der Waals surface area contributed by atoms with Crippen LogP contribution in [0.1, 0.15) is 0 Å². The highest BCUT2D eigenvalue weighted by Crippen LogP contribution is 2.25. The number of rotatable bonds is 8. The molecule has 0 radical (unpaired) electrons. The van der Waals surface area contributed by atoms with Crippen LogP contribution in [0.5, 0.6) is 11.5 Å². The van der Waals surface area contributed by atoms with Crippen LogP contribution in [0.4, 0.5) is 0 Å². The van der Waals surface area contributed by atoms with Gasteiger partial charge >= 0.3 is 5.69 Å². The number of tetrazole rings is 1. The maximum Gasteiger partial charge on any atom is 0.369 e. The molecule has 2 heterocycles. The summed E-state index contributed by atoms with van der Waals surface area (Å²) in [6.07, 6.45) is 0. The van der Waals surface area contributed by atoms with Gasteiger partial charge < -0.3 is 14.8 Å². The fraction of sp³-hybridized carbons (Fsp3) is 0.250. The van der Waals surface area contributed by atoms with Gasteiger partial charge in [-0.3, -0.25) is 4.79 Å². The van der Waals surface area contributed by atoms with Gasteiger partial charge in [-0.1, -0.05) is 12.1 Å². The van der Waals surface area contributed by atoms with Gasteiger partial charge in [-0.15, -0.1) is 11.3 Å². The molecule has 0 atom stereocenters. The Balaban J connectivity index is 1.48. The highest BCUT2D eigenvalue weighted by Gasteiger charge is 2.12. The van der Waals surface area contributed by atoms with Gasteiger partial charge in [-0.25, -0.2) is 4.79 Å².